The molecular weight excluding hydrogens is 392 g/mol. The van der Waals surface area contributed by atoms with Gasteiger partial charge in [0.2, 0.25) is 5.91 Å². The topological polar surface area (TPSA) is 89.3 Å². The van der Waals surface area contributed by atoms with Crippen LogP contribution in [0, 0.1) is 0 Å². The maximum absolute atomic E-state index is 12.2. The summed E-state index contributed by atoms with van der Waals surface area (Å²) in [7, 11) is -1.25. The van der Waals surface area contributed by atoms with Crippen molar-refractivity contribution < 1.29 is 13.8 Å². The average molecular weight is 409 g/mol. The SMILES string of the molecule is NC(=O)[C@@H](CC[S@](=O)c1ccccc1)NC(=O)c1cccc(Br)c1. The molecule has 5 nitrogen and oxygen atoms in total. The number of rotatable bonds is 7. The van der Waals surface area contributed by atoms with Crippen LogP contribution in [0.2, 0.25) is 0 Å². The number of nitrogens with two attached hydrogens (primary N) is 1. The molecule has 0 heterocycles. The third-order valence-electron chi connectivity index (χ3n) is 3.33. The molecule has 24 heavy (non-hydrogen) atoms. The Morgan fingerprint density at radius 3 is 2.46 bits per heavy atom. The third kappa shape index (κ3) is 5.28. The monoisotopic (exact) mass is 408 g/mol. The van der Waals surface area contributed by atoms with Gasteiger partial charge >= 0.3 is 0 Å². The largest absolute Gasteiger partial charge is 0.368 e. The Morgan fingerprint density at radius 1 is 1.12 bits per heavy atom. The summed E-state index contributed by atoms with van der Waals surface area (Å²) in [5.41, 5.74) is 5.77. The number of carbonyl (C=O) groups is 2. The molecule has 0 aromatic heterocycles. The highest BCUT2D eigenvalue weighted by Crippen LogP contribution is 2.12. The second-order valence-electron chi connectivity index (χ2n) is 5.09. The molecule has 2 aromatic rings. The van der Waals surface area contributed by atoms with Crippen LogP contribution in [0.15, 0.2) is 64.0 Å². The molecule has 2 aromatic carbocycles. The van der Waals surface area contributed by atoms with Crippen molar-refractivity contribution in [2.24, 2.45) is 5.73 Å². The van der Waals surface area contributed by atoms with E-state index in [9.17, 15) is 13.8 Å². The van der Waals surface area contributed by atoms with Crippen LogP contribution in [0.25, 0.3) is 0 Å². The van der Waals surface area contributed by atoms with Gasteiger partial charge in [0.05, 0.1) is 10.8 Å². The Labute approximate surface area is 151 Å². The number of halogens is 1. The molecule has 2 atom stereocenters. The number of hydrogen-bond acceptors (Lipinski definition) is 3. The fourth-order valence-corrected chi connectivity index (χ4v) is 3.62. The molecule has 2 amide bonds. The van der Waals surface area contributed by atoms with Crippen molar-refractivity contribution in [2.45, 2.75) is 17.4 Å². The number of nitrogens with one attached hydrogen (secondary N) is 1. The minimum absolute atomic E-state index is 0.205. The van der Waals surface area contributed by atoms with Gasteiger partial charge in [-0.3, -0.25) is 13.8 Å². The Balaban J connectivity index is 1.98. The van der Waals surface area contributed by atoms with Crippen LogP contribution in [-0.2, 0) is 15.6 Å². The molecule has 0 aliphatic carbocycles. The van der Waals surface area contributed by atoms with Crippen LogP contribution in [0.4, 0.5) is 0 Å². The highest BCUT2D eigenvalue weighted by Gasteiger charge is 2.20. The van der Waals surface area contributed by atoms with Gasteiger partial charge in [-0.1, -0.05) is 40.2 Å². The Bertz CT molecular complexity index is 753. The number of hydrogen-bond donors (Lipinski definition) is 2. The molecule has 0 fully saturated rings. The van der Waals surface area contributed by atoms with Crippen LogP contribution < -0.4 is 11.1 Å². The van der Waals surface area contributed by atoms with Crippen molar-refractivity contribution in [1.82, 2.24) is 5.32 Å². The minimum Gasteiger partial charge on any atom is -0.368 e. The van der Waals surface area contributed by atoms with E-state index in [4.69, 9.17) is 5.73 Å². The third-order valence-corrected chi connectivity index (χ3v) is 5.23. The van der Waals surface area contributed by atoms with E-state index in [2.05, 4.69) is 21.2 Å². The molecule has 2 rings (SSSR count). The molecule has 0 saturated heterocycles. The van der Waals surface area contributed by atoms with Crippen molar-refractivity contribution in [1.29, 1.82) is 0 Å². The van der Waals surface area contributed by atoms with Gasteiger partial charge in [-0.15, -0.1) is 0 Å². The zero-order chi connectivity index (χ0) is 17.5. The minimum atomic E-state index is -1.25. The molecule has 0 aliphatic rings. The first-order valence-corrected chi connectivity index (χ1v) is 9.37. The van der Waals surface area contributed by atoms with Gasteiger partial charge in [-0.05, 0) is 36.8 Å². The summed E-state index contributed by atoms with van der Waals surface area (Å²) in [6, 6.07) is 14.9. The Hall–Kier alpha value is -1.99. The lowest BCUT2D eigenvalue weighted by Gasteiger charge is -2.15. The summed E-state index contributed by atoms with van der Waals surface area (Å²) in [6.07, 6.45) is 0.205. The number of benzene rings is 2. The molecule has 0 bridgehead atoms. The first-order chi connectivity index (χ1) is 11.5. The summed E-state index contributed by atoms with van der Waals surface area (Å²) in [6.45, 7) is 0. The van der Waals surface area contributed by atoms with Gasteiger partial charge in [-0.2, -0.15) is 0 Å². The summed E-state index contributed by atoms with van der Waals surface area (Å²) in [4.78, 5) is 24.5. The van der Waals surface area contributed by atoms with Gasteiger partial charge in [0, 0.05) is 20.7 Å². The van der Waals surface area contributed by atoms with E-state index >= 15 is 0 Å². The van der Waals surface area contributed by atoms with Crippen LogP contribution in [0.1, 0.15) is 16.8 Å². The lowest BCUT2D eigenvalue weighted by Crippen LogP contribution is -2.45. The fraction of sp³-hybridized carbons (Fsp3) is 0.176. The molecule has 0 spiro atoms. The highest BCUT2D eigenvalue weighted by atomic mass is 79.9. The number of amides is 2. The molecule has 7 heteroatoms. The van der Waals surface area contributed by atoms with Gasteiger partial charge in [0.15, 0.2) is 0 Å². The van der Waals surface area contributed by atoms with E-state index in [-0.39, 0.29) is 12.2 Å². The van der Waals surface area contributed by atoms with Crippen molar-refractivity contribution in [3.05, 3.63) is 64.6 Å². The molecule has 3 N–H and O–H groups in total. The van der Waals surface area contributed by atoms with E-state index in [1.807, 2.05) is 6.07 Å². The first-order valence-electron chi connectivity index (χ1n) is 7.26. The summed E-state index contributed by atoms with van der Waals surface area (Å²) >= 11 is 3.29. The first kappa shape index (κ1) is 18.4. The standard InChI is InChI=1S/C17H17BrN2O3S/c18-13-6-4-5-12(11-13)17(22)20-15(16(19)21)9-10-24(23)14-7-2-1-3-8-14/h1-8,11,15H,9-10H2,(H2,19,21)(H,20,22)/t15-,24+/m1/s1. The molecular formula is C17H17BrN2O3S. The number of carbonyl (C=O) groups excluding carboxylic acids is 2. The fourth-order valence-electron chi connectivity index (χ4n) is 2.07. The zero-order valence-electron chi connectivity index (χ0n) is 12.8. The van der Waals surface area contributed by atoms with Crippen LogP contribution >= 0.6 is 15.9 Å². The lowest BCUT2D eigenvalue weighted by atomic mass is 10.1. The van der Waals surface area contributed by atoms with Gasteiger partial charge in [0.1, 0.15) is 6.04 Å². The van der Waals surface area contributed by atoms with Gasteiger partial charge in [-0.25, -0.2) is 0 Å². The molecule has 0 radical (unpaired) electrons. The predicted molar refractivity (Wildman–Crippen MR) is 96.9 cm³/mol. The quantitative estimate of drug-likeness (QED) is 0.735. The van der Waals surface area contributed by atoms with Crippen LogP contribution in [0.5, 0.6) is 0 Å². The highest BCUT2D eigenvalue weighted by molar-refractivity contribution is 9.10. The number of primary amides is 1. The van der Waals surface area contributed by atoms with Crippen molar-refractivity contribution >= 4 is 38.5 Å². The van der Waals surface area contributed by atoms with E-state index in [1.165, 1.54) is 0 Å². The smallest absolute Gasteiger partial charge is 0.251 e. The van der Waals surface area contributed by atoms with E-state index in [1.54, 1.807) is 48.5 Å². The summed E-state index contributed by atoms with van der Waals surface area (Å²) in [5, 5.41) is 2.60. The average Bonchev–Trinajstić information content (AvgIpc) is 2.58. The van der Waals surface area contributed by atoms with Crippen LogP contribution in [-0.4, -0.2) is 27.8 Å². The van der Waals surface area contributed by atoms with E-state index < -0.39 is 28.7 Å². The second-order valence-corrected chi connectivity index (χ2v) is 7.58. The normalized spacial score (nSPS) is 13.0. The van der Waals surface area contributed by atoms with E-state index in [0.29, 0.717) is 10.5 Å². The predicted octanol–water partition coefficient (Wildman–Crippen LogP) is 2.23. The van der Waals surface area contributed by atoms with Crippen molar-refractivity contribution in [3.63, 3.8) is 0 Å². The lowest BCUT2D eigenvalue weighted by molar-refractivity contribution is -0.119. The molecule has 126 valence electrons. The zero-order valence-corrected chi connectivity index (χ0v) is 15.2. The summed E-state index contributed by atoms with van der Waals surface area (Å²) in [5.74, 6) is -0.815. The second kappa shape index (κ2) is 8.75. The maximum Gasteiger partial charge on any atom is 0.251 e. The van der Waals surface area contributed by atoms with E-state index in [0.717, 1.165) is 4.47 Å². The van der Waals surface area contributed by atoms with Gasteiger partial charge in [0.25, 0.3) is 5.91 Å². The Morgan fingerprint density at radius 2 is 1.83 bits per heavy atom. The van der Waals surface area contributed by atoms with Crippen molar-refractivity contribution in [3.8, 4) is 0 Å². The Kier molecular flexibility index (Phi) is 6.69. The molecule has 0 unspecified atom stereocenters. The summed E-state index contributed by atoms with van der Waals surface area (Å²) < 4.78 is 13.0. The maximum atomic E-state index is 12.2. The molecule has 0 aliphatic heterocycles. The molecule has 0 saturated carbocycles. The van der Waals surface area contributed by atoms with Crippen molar-refractivity contribution in [2.75, 3.05) is 5.75 Å². The van der Waals surface area contributed by atoms with Gasteiger partial charge < -0.3 is 11.1 Å². The van der Waals surface area contributed by atoms with Crippen LogP contribution in [0.3, 0.4) is 0 Å².